The minimum absolute atomic E-state index is 0.144. The van der Waals surface area contributed by atoms with Crippen molar-refractivity contribution in [1.29, 1.82) is 0 Å². The van der Waals surface area contributed by atoms with Gasteiger partial charge in [-0.3, -0.25) is 0 Å². The van der Waals surface area contributed by atoms with Crippen LogP contribution in [-0.4, -0.2) is 49.7 Å². The van der Waals surface area contributed by atoms with Crippen molar-refractivity contribution < 1.29 is 28.2 Å². The summed E-state index contributed by atoms with van der Waals surface area (Å²) in [7, 11) is -3.20. The number of benzene rings is 1. The topological polar surface area (TPSA) is 125 Å². The van der Waals surface area contributed by atoms with E-state index in [1.54, 1.807) is 24.3 Å². The molecule has 134 valence electrons. The molecule has 1 heterocycles. The fourth-order valence-electron chi connectivity index (χ4n) is 2.50. The zero-order valence-electron chi connectivity index (χ0n) is 13.1. The average molecular weight is 358 g/mol. The molecule has 1 aromatic rings. The van der Waals surface area contributed by atoms with Crippen LogP contribution >= 0.6 is 0 Å². The van der Waals surface area contributed by atoms with E-state index in [0.29, 0.717) is 17.7 Å². The van der Waals surface area contributed by atoms with Crippen LogP contribution in [0.5, 0.6) is 5.75 Å². The molecule has 0 radical (unpaired) electrons. The molecule has 1 aromatic carbocycles. The van der Waals surface area contributed by atoms with E-state index in [9.17, 15) is 18.3 Å². The van der Waals surface area contributed by atoms with Crippen LogP contribution < -0.4 is 14.8 Å². The fourth-order valence-corrected chi connectivity index (χ4v) is 3.86. The molecule has 0 bridgehead atoms. The molecule has 4 N–H and O–H groups in total. The van der Waals surface area contributed by atoms with E-state index in [1.165, 1.54) is 0 Å². The Morgan fingerprint density at radius 1 is 1.46 bits per heavy atom. The number of aliphatic hydroxyl groups is 1. The Kier molecular flexibility index (Phi) is 6.41. The average Bonchev–Trinajstić information content (AvgIpc) is 2.52. The minimum Gasteiger partial charge on any atom is -0.492 e. The number of sulfonamides is 1. The van der Waals surface area contributed by atoms with Crippen molar-refractivity contribution in [2.24, 2.45) is 0 Å². The van der Waals surface area contributed by atoms with Crippen LogP contribution in [0.1, 0.15) is 30.9 Å². The predicted molar refractivity (Wildman–Crippen MR) is 87.5 cm³/mol. The number of carboxylic acid groups (broad SMARTS) is 1. The smallest absolute Gasteiger partial charge is 0.404 e. The summed E-state index contributed by atoms with van der Waals surface area (Å²) in [4.78, 5) is 10.4. The van der Waals surface area contributed by atoms with Gasteiger partial charge in [0.1, 0.15) is 12.4 Å². The van der Waals surface area contributed by atoms with Crippen molar-refractivity contribution >= 4 is 16.1 Å². The molecule has 0 aliphatic carbocycles. The van der Waals surface area contributed by atoms with E-state index < -0.39 is 22.2 Å². The Bertz CT molecular complexity index is 664. The number of nitrogens with one attached hydrogen (secondary N) is 2. The number of carbonyl (C=O) groups is 1. The lowest BCUT2D eigenvalue weighted by Gasteiger charge is -2.23. The number of rotatable bonds is 7. The second-order valence-electron chi connectivity index (χ2n) is 5.70. The summed E-state index contributed by atoms with van der Waals surface area (Å²) in [5.74, 6) is 0.678. The zero-order chi connectivity index (χ0) is 17.6. The van der Waals surface area contributed by atoms with Gasteiger partial charge in [0.25, 0.3) is 0 Å². The van der Waals surface area contributed by atoms with Crippen molar-refractivity contribution in [2.45, 2.75) is 31.4 Å². The molecule has 1 saturated heterocycles. The molecule has 2 atom stereocenters. The summed E-state index contributed by atoms with van der Waals surface area (Å²) in [5.41, 5.74) is 0.615. The molecule has 1 fully saturated rings. The van der Waals surface area contributed by atoms with Gasteiger partial charge in [-0.05, 0) is 37.0 Å². The first-order valence-corrected chi connectivity index (χ1v) is 9.38. The van der Waals surface area contributed by atoms with Gasteiger partial charge in [-0.1, -0.05) is 12.1 Å². The van der Waals surface area contributed by atoms with Gasteiger partial charge in [-0.25, -0.2) is 17.9 Å². The van der Waals surface area contributed by atoms with E-state index in [4.69, 9.17) is 9.84 Å². The highest BCUT2D eigenvalue weighted by atomic mass is 32.2. The van der Waals surface area contributed by atoms with E-state index in [2.05, 4.69) is 10.0 Å². The molecular formula is C15H22N2O6S. The monoisotopic (exact) mass is 358 g/mol. The van der Waals surface area contributed by atoms with Crippen LogP contribution in [0.3, 0.4) is 0 Å². The second kappa shape index (κ2) is 8.32. The van der Waals surface area contributed by atoms with Gasteiger partial charge >= 0.3 is 6.09 Å². The van der Waals surface area contributed by atoms with Gasteiger partial charge < -0.3 is 20.3 Å². The van der Waals surface area contributed by atoms with Crippen LogP contribution in [0.4, 0.5) is 4.79 Å². The summed E-state index contributed by atoms with van der Waals surface area (Å²) in [5, 5.41) is 20.8. The summed E-state index contributed by atoms with van der Waals surface area (Å²) >= 11 is 0. The molecule has 9 heteroatoms. The third kappa shape index (κ3) is 5.99. The van der Waals surface area contributed by atoms with Crippen LogP contribution in [0.25, 0.3) is 0 Å². The van der Waals surface area contributed by atoms with E-state index >= 15 is 0 Å². The third-order valence-electron chi connectivity index (χ3n) is 3.70. The first-order valence-electron chi connectivity index (χ1n) is 7.73. The van der Waals surface area contributed by atoms with Crippen LogP contribution in [-0.2, 0) is 10.0 Å². The maximum absolute atomic E-state index is 11.5. The molecular weight excluding hydrogens is 336 g/mol. The Morgan fingerprint density at radius 3 is 2.96 bits per heavy atom. The minimum atomic E-state index is -3.20. The van der Waals surface area contributed by atoms with Crippen LogP contribution in [0.2, 0.25) is 0 Å². The lowest BCUT2D eigenvalue weighted by molar-refractivity contribution is 0.161. The van der Waals surface area contributed by atoms with Crippen molar-refractivity contribution in [1.82, 2.24) is 10.0 Å². The Balaban J connectivity index is 1.87. The zero-order valence-corrected chi connectivity index (χ0v) is 14.0. The molecule has 0 spiro atoms. The van der Waals surface area contributed by atoms with Crippen molar-refractivity contribution in [3.63, 3.8) is 0 Å². The molecule has 0 aromatic heterocycles. The summed E-state index contributed by atoms with van der Waals surface area (Å²) in [6.45, 7) is 0.366. The molecule has 0 saturated carbocycles. The SMILES string of the molecule is O=C(O)NCC[C@@H](O)c1cccc(OCC2CCCS(=O)(=O)N2)c1. The van der Waals surface area contributed by atoms with Crippen LogP contribution in [0.15, 0.2) is 24.3 Å². The highest BCUT2D eigenvalue weighted by Gasteiger charge is 2.23. The number of amides is 1. The van der Waals surface area contributed by atoms with E-state index in [1.807, 2.05) is 0 Å². The molecule has 2 rings (SSSR count). The Hall–Kier alpha value is -1.84. The molecule has 1 unspecified atom stereocenters. The summed E-state index contributed by atoms with van der Waals surface area (Å²) in [6.07, 6.45) is -0.359. The van der Waals surface area contributed by atoms with Gasteiger partial charge in [-0.15, -0.1) is 0 Å². The second-order valence-corrected chi connectivity index (χ2v) is 7.57. The fraction of sp³-hybridized carbons (Fsp3) is 0.533. The number of hydrogen-bond donors (Lipinski definition) is 4. The van der Waals surface area contributed by atoms with Crippen LogP contribution in [0, 0.1) is 0 Å². The van der Waals surface area contributed by atoms with Gasteiger partial charge in [0.15, 0.2) is 0 Å². The molecule has 1 aliphatic heterocycles. The van der Waals surface area contributed by atoms with Gasteiger partial charge in [0.2, 0.25) is 10.0 Å². The standard InChI is InChI=1S/C15H22N2O6S/c18-14(6-7-16-15(19)20)11-3-1-5-13(9-11)23-10-12-4-2-8-24(21,22)17-12/h1,3,5,9,12,14,16-18H,2,4,6-8,10H2,(H,19,20)/t12?,14-/m1/s1. The Labute approximate surface area is 140 Å². The first-order chi connectivity index (χ1) is 11.4. The molecule has 1 aliphatic rings. The predicted octanol–water partition coefficient (Wildman–Crippen LogP) is 0.838. The Morgan fingerprint density at radius 2 is 2.25 bits per heavy atom. The maximum Gasteiger partial charge on any atom is 0.404 e. The lowest BCUT2D eigenvalue weighted by atomic mass is 10.1. The van der Waals surface area contributed by atoms with Gasteiger partial charge in [0, 0.05) is 6.54 Å². The number of ether oxygens (including phenoxy) is 1. The first kappa shape index (κ1) is 18.5. The number of hydrogen-bond acceptors (Lipinski definition) is 5. The number of aliphatic hydroxyl groups excluding tert-OH is 1. The summed E-state index contributed by atoms with van der Waals surface area (Å²) < 4.78 is 31.2. The third-order valence-corrected chi connectivity index (χ3v) is 5.22. The van der Waals surface area contributed by atoms with Crippen molar-refractivity contribution in [3.05, 3.63) is 29.8 Å². The highest BCUT2D eigenvalue weighted by molar-refractivity contribution is 7.89. The van der Waals surface area contributed by atoms with E-state index in [-0.39, 0.29) is 31.4 Å². The molecule has 24 heavy (non-hydrogen) atoms. The highest BCUT2D eigenvalue weighted by Crippen LogP contribution is 2.22. The normalized spacial score (nSPS) is 21.0. The quantitative estimate of drug-likeness (QED) is 0.572. The van der Waals surface area contributed by atoms with Crippen molar-refractivity contribution in [3.8, 4) is 5.75 Å². The lowest BCUT2D eigenvalue weighted by Crippen LogP contribution is -2.44. The van der Waals surface area contributed by atoms with Crippen molar-refractivity contribution in [2.75, 3.05) is 18.9 Å². The van der Waals surface area contributed by atoms with Gasteiger partial charge in [-0.2, -0.15) is 0 Å². The van der Waals surface area contributed by atoms with E-state index in [0.717, 1.165) is 6.42 Å². The largest absolute Gasteiger partial charge is 0.492 e. The maximum atomic E-state index is 11.5. The molecule has 1 amide bonds. The van der Waals surface area contributed by atoms with Gasteiger partial charge in [0.05, 0.1) is 17.9 Å². The summed E-state index contributed by atoms with van der Waals surface area (Å²) in [6, 6.07) is 6.59. The molecule has 8 nitrogen and oxygen atoms in total.